The summed E-state index contributed by atoms with van der Waals surface area (Å²) in [4.78, 5) is 48.8. The predicted octanol–water partition coefficient (Wildman–Crippen LogP) is 5.03. The van der Waals surface area contributed by atoms with E-state index in [0.29, 0.717) is 55.1 Å². The van der Waals surface area contributed by atoms with Gasteiger partial charge in [-0.25, -0.2) is 4.79 Å². The summed E-state index contributed by atoms with van der Waals surface area (Å²) in [6.07, 6.45) is 0.141. The number of esters is 2. The van der Waals surface area contributed by atoms with Gasteiger partial charge >= 0.3 is 11.9 Å². The highest BCUT2D eigenvalue weighted by Crippen LogP contribution is 2.31. The summed E-state index contributed by atoms with van der Waals surface area (Å²) in [6, 6.07) is 24.5. The van der Waals surface area contributed by atoms with E-state index >= 15 is 0 Å². The zero-order valence-electron chi connectivity index (χ0n) is 28.0. The minimum Gasteiger partial charge on any atom is -0.487 e. The van der Waals surface area contributed by atoms with Crippen LogP contribution in [0.15, 0.2) is 78.9 Å². The van der Waals surface area contributed by atoms with Gasteiger partial charge < -0.3 is 29.0 Å². The quantitative estimate of drug-likeness (QED) is 0.118. The molecule has 0 amide bonds. The monoisotopic (exact) mass is 642 g/mol. The van der Waals surface area contributed by atoms with Crippen LogP contribution in [0.1, 0.15) is 45.3 Å². The van der Waals surface area contributed by atoms with Gasteiger partial charge in [0.25, 0.3) is 0 Å². The minimum atomic E-state index is -0.512. The maximum Gasteiger partial charge on any atom is 0.354 e. The van der Waals surface area contributed by atoms with Crippen molar-refractivity contribution in [2.45, 2.75) is 32.5 Å². The molecule has 0 saturated heterocycles. The molecular weight excluding hydrogens is 596 g/mol. The molecule has 1 heterocycles. The number of aromatic nitrogens is 1. The first-order valence-corrected chi connectivity index (χ1v) is 15.9. The SMILES string of the molecule is CC(CC(=O)OCCN(C)C)N(CC(=O)c1ccc(OCc2ccccc2)c2[nH]c(C(=O)OCCN(C)C)cc12)Cc1ccccc1. The number of hydrogen-bond donors (Lipinski definition) is 1. The van der Waals surface area contributed by atoms with Crippen LogP contribution in [0, 0.1) is 0 Å². The molecule has 10 heteroatoms. The van der Waals surface area contributed by atoms with Gasteiger partial charge in [0.05, 0.1) is 18.5 Å². The molecule has 0 aliphatic heterocycles. The van der Waals surface area contributed by atoms with E-state index in [0.717, 1.165) is 11.1 Å². The van der Waals surface area contributed by atoms with Crippen molar-refractivity contribution in [1.29, 1.82) is 0 Å². The molecule has 1 aromatic heterocycles. The number of nitrogens with one attached hydrogen (secondary N) is 1. The van der Waals surface area contributed by atoms with E-state index in [9.17, 15) is 14.4 Å². The smallest absolute Gasteiger partial charge is 0.354 e. The van der Waals surface area contributed by atoms with Gasteiger partial charge in [-0.3, -0.25) is 14.5 Å². The van der Waals surface area contributed by atoms with Crippen molar-refractivity contribution < 1.29 is 28.6 Å². The number of benzene rings is 3. The Bertz CT molecular complexity index is 1600. The minimum absolute atomic E-state index is 0.0498. The number of fused-ring (bicyclic) bond motifs is 1. The lowest BCUT2D eigenvalue weighted by molar-refractivity contribution is -0.145. The number of Topliss-reactive ketones (excluding diaryl/α,β-unsaturated/α-hetero) is 1. The average molecular weight is 643 g/mol. The van der Waals surface area contributed by atoms with E-state index in [2.05, 4.69) is 4.98 Å². The second-order valence-corrected chi connectivity index (χ2v) is 12.2. The fourth-order valence-electron chi connectivity index (χ4n) is 5.03. The molecule has 10 nitrogen and oxygen atoms in total. The summed E-state index contributed by atoms with van der Waals surface area (Å²) in [5, 5.41) is 0.565. The molecule has 0 radical (unpaired) electrons. The van der Waals surface area contributed by atoms with E-state index < -0.39 is 5.97 Å². The largest absolute Gasteiger partial charge is 0.487 e. The first-order valence-electron chi connectivity index (χ1n) is 15.9. The predicted molar refractivity (Wildman–Crippen MR) is 183 cm³/mol. The summed E-state index contributed by atoms with van der Waals surface area (Å²) in [7, 11) is 7.65. The molecule has 0 fully saturated rings. The van der Waals surface area contributed by atoms with E-state index in [4.69, 9.17) is 14.2 Å². The molecule has 3 aromatic carbocycles. The van der Waals surface area contributed by atoms with Crippen molar-refractivity contribution in [3.63, 3.8) is 0 Å². The number of nitrogens with zero attached hydrogens (tertiary/aromatic N) is 3. The number of rotatable bonds is 18. The van der Waals surface area contributed by atoms with Crippen LogP contribution in [0.2, 0.25) is 0 Å². The van der Waals surface area contributed by atoms with Gasteiger partial charge in [-0.15, -0.1) is 0 Å². The van der Waals surface area contributed by atoms with Crippen LogP contribution >= 0.6 is 0 Å². The number of carbonyl (C=O) groups is 3. The average Bonchev–Trinajstić information content (AvgIpc) is 3.50. The van der Waals surface area contributed by atoms with Gasteiger partial charge in [0.1, 0.15) is 31.3 Å². The Labute approximate surface area is 277 Å². The number of ether oxygens (including phenoxy) is 3. The fourth-order valence-corrected chi connectivity index (χ4v) is 5.03. The highest BCUT2D eigenvalue weighted by atomic mass is 16.5. The lowest BCUT2D eigenvalue weighted by atomic mass is 10.0. The summed E-state index contributed by atoms with van der Waals surface area (Å²) < 4.78 is 17.1. The van der Waals surface area contributed by atoms with Crippen molar-refractivity contribution in [1.82, 2.24) is 19.7 Å². The van der Waals surface area contributed by atoms with Crippen LogP contribution in [0.3, 0.4) is 0 Å². The van der Waals surface area contributed by atoms with Gasteiger partial charge in [0, 0.05) is 36.6 Å². The molecule has 0 aliphatic carbocycles. The molecule has 0 aliphatic rings. The van der Waals surface area contributed by atoms with E-state index in [1.807, 2.05) is 110 Å². The molecule has 0 bridgehead atoms. The zero-order valence-corrected chi connectivity index (χ0v) is 28.0. The summed E-state index contributed by atoms with van der Waals surface area (Å²) in [6.45, 7) is 4.52. The number of hydrogen-bond acceptors (Lipinski definition) is 9. The standard InChI is InChI=1S/C37H46N4O6/c1-27(22-35(43)45-20-18-39(2)3)41(24-28-12-8-6-9-13-28)25-33(42)30-16-17-34(47-26-29-14-10-7-11-15-29)36-31(30)23-32(38-36)37(44)46-21-19-40(4)5/h6-17,23,27,38H,18-22,24-26H2,1-5H3. The summed E-state index contributed by atoms with van der Waals surface area (Å²) in [5.41, 5.74) is 3.22. The van der Waals surface area contributed by atoms with Crippen molar-refractivity contribution in [3.8, 4) is 5.75 Å². The molecule has 1 unspecified atom stereocenters. The third-order valence-corrected chi connectivity index (χ3v) is 7.75. The second kappa shape index (κ2) is 17.4. The summed E-state index contributed by atoms with van der Waals surface area (Å²) in [5.74, 6) is -0.458. The van der Waals surface area contributed by atoms with Crippen molar-refractivity contribution in [2.24, 2.45) is 0 Å². The maximum absolute atomic E-state index is 14.1. The number of carbonyl (C=O) groups excluding carboxylic acids is 3. The Hall–Kier alpha value is -4.51. The van der Waals surface area contributed by atoms with Crippen LogP contribution in [0.5, 0.6) is 5.75 Å². The Morgan fingerprint density at radius 3 is 2.04 bits per heavy atom. The number of aromatic amines is 1. The van der Waals surface area contributed by atoms with Crippen LogP contribution in [0.4, 0.5) is 0 Å². The lowest BCUT2D eigenvalue weighted by Crippen LogP contribution is -2.38. The normalized spacial score (nSPS) is 12.1. The maximum atomic E-state index is 14.1. The van der Waals surface area contributed by atoms with Crippen molar-refractivity contribution >= 4 is 28.6 Å². The Kier molecular flexibility index (Phi) is 13.1. The molecule has 0 spiro atoms. The van der Waals surface area contributed by atoms with E-state index in [1.165, 1.54) is 0 Å². The Balaban J connectivity index is 1.60. The molecule has 4 aromatic rings. The van der Waals surface area contributed by atoms with Gasteiger partial charge in [0.2, 0.25) is 0 Å². The van der Waals surface area contributed by atoms with Crippen LogP contribution < -0.4 is 4.74 Å². The van der Waals surface area contributed by atoms with Gasteiger partial charge in [-0.1, -0.05) is 60.7 Å². The zero-order chi connectivity index (χ0) is 33.8. The number of likely N-dealkylation sites (N-methyl/N-ethyl adjacent to an activating group) is 2. The Morgan fingerprint density at radius 2 is 1.40 bits per heavy atom. The first kappa shape index (κ1) is 35.3. The highest BCUT2D eigenvalue weighted by molar-refractivity contribution is 6.11. The molecule has 0 saturated carbocycles. The van der Waals surface area contributed by atoms with Gasteiger partial charge in [0.15, 0.2) is 5.78 Å². The molecule has 1 N–H and O–H groups in total. The summed E-state index contributed by atoms with van der Waals surface area (Å²) >= 11 is 0. The topological polar surface area (TPSA) is 104 Å². The lowest BCUT2D eigenvalue weighted by Gasteiger charge is -2.28. The van der Waals surface area contributed by atoms with Crippen molar-refractivity contribution in [3.05, 3.63) is 101 Å². The van der Waals surface area contributed by atoms with E-state index in [-0.39, 0.29) is 43.1 Å². The van der Waals surface area contributed by atoms with Crippen LogP contribution in [0.25, 0.3) is 10.9 Å². The second-order valence-electron chi connectivity index (χ2n) is 12.2. The number of ketones is 1. The first-order chi connectivity index (χ1) is 22.6. The van der Waals surface area contributed by atoms with Gasteiger partial charge in [-0.05, 0) is 64.4 Å². The van der Waals surface area contributed by atoms with Crippen LogP contribution in [-0.2, 0) is 27.4 Å². The van der Waals surface area contributed by atoms with Crippen LogP contribution in [-0.4, -0.2) is 104 Å². The molecule has 4 rings (SSSR count). The third kappa shape index (κ3) is 10.8. The molecule has 47 heavy (non-hydrogen) atoms. The third-order valence-electron chi connectivity index (χ3n) is 7.75. The number of H-pyrrole nitrogens is 1. The van der Waals surface area contributed by atoms with Gasteiger partial charge in [-0.2, -0.15) is 0 Å². The van der Waals surface area contributed by atoms with E-state index in [1.54, 1.807) is 18.2 Å². The van der Waals surface area contributed by atoms with Crippen molar-refractivity contribution in [2.75, 3.05) is 61.0 Å². The molecule has 1 atom stereocenters. The molecule has 250 valence electrons. The molecular formula is C37H46N4O6. The fraction of sp³-hybridized carbons (Fsp3) is 0.378. The Morgan fingerprint density at radius 1 is 0.787 bits per heavy atom. The highest BCUT2D eigenvalue weighted by Gasteiger charge is 2.25.